The Kier molecular flexibility index (Phi) is 12.0. The number of benzene rings is 4. The molecule has 0 heterocycles. The first kappa shape index (κ1) is 34.2. The molecule has 1 N–H and O–H groups in total. The summed E-state index contributed by atoms with van der Waals surface area (Å²) < 4.78 is 35.1. The van der Waals surface area contributed by atoms with Crippen LogP contribution in [-0.4, -0.2) is 50.9 Å². The molecule has 0 bridgehead atoms. The van der Waals surface area contributed by atoms with Gasteiger partial charge in [0.1, 0.15) is 18.3 Å². The van der Waals surface area contributed by atoms with Crippen LogP contribution in [0.2, 0.25) is 0 Å². The first-order valence-electron chi connectivity index (χ1n) is 15.6. The van der Waals surface area contributed by atoms with E-state index >= 15 is 0 Å². The number of hydrogen-bond acceptors (Lipinski definition) is 5. The van der Waals surface area contributed by atoms with Crippen molar-refractivity contribution in [2.24, 2.45) is 0 Å². The first-order valence-corrected chi connectivity index (χ1v) is 17.0. The second-order valence-corrected chi connectivity index (χ2v) is 13.1. The van der Waals surface area contributed by atoms with Crippen LogP contribution < -0.4 is 14.4 Å². The van der Waals surface area contributed by atoms with Crippen molar-refractivity contribution in [3.05, 3.63) is 125 Å². The highest BCUT2D eigenvalue weighted by Gasteiger charge is 2.34. The van der Waals surface area contributed by atoms with Crippen LogP contribution in [0.3, 0.4) is 0 Å². The van der Waals surface area contributed by atoms with Crippen LogP contribution in [0.1, 0.15) is 42.5 Å². The van der Waals surface area contributed by atoms with Crippen molar-refractivity contribution in [3.63, 3.8) is 0 Å². The number of nitrogens with one attached hydrogen (secondary N) is 1. The normalized spacial score (nSPS) is 11.8. The fraction of sp³-hybridized carbons (Fsp3) is 0.297. The fourth-order valence-electron chi connectivity index (χ4n) is 5.17. The largest absolute Gasteiger partial charge is 0.494 e. The van der Waals surface area contributed by atoms with E-state index in [1.807, 2.05) is 82.3 Å². The lowest BCUT2D eigenvalue weighted by Gasteiger charge is -2.34. The number of rotatable bonds is 15. The minimum Gasteiger partial charge on any atom is -0.494 e. The summed E-state index contributed by atoms with van der Waals surface area (Å²) >= 11 is 0. The second kappa shape index (κ2) is 16.1. The van der Waals surface area contributed by atoms with E-state index in [0.29, 0.717) is 24.6 Å². The zero-order valence-electron chi connectivity index (χ0n) is 27.0. The molecule has 46 heavy (non-hydrogen) atoms. The number of hydrogen-bond donors (Lipinski definition) is 1. The van der Waals surface area contributed by atoms with E-state index in [1.54, 1.807) is 36.4 Å². The number of ether oxygens (including phenoxy) is 1. The van der Waals surface area contributed by atoms with Gasteiger partial charge in [-0.3, -0.25) is 13.9 Å². The molecule has 4 aromatic rings. The van der Waals surface area contributed by atoms with Crippen LogP contribution in [0.15, 0.2) is 108 Å². The predicted octanol–water partition coefficient (Wildman–Crippen LogP) is 6.06. The third-order valence-electron chi connectivity index (χ3n) is 7.58. The molecule has 0 saturated heterocycles. The lowest BCUT2D eigenvalue weighted by Crippen LogP contribution is -2.53. The number of carbonyl (C=O) groups excluding carboxylic acids is 2. The average molecular weight is 642 g/mol. The zero-order valence-corrected chi connectivity index (χ0v) is 27.8. The molecule has 4 aromatic carbocycles. The van der Waals surface area contributed by atoms with Gasteiger partial charge in [0, 0.05) is 19.5 Å². The molecule has 4 rings (SSSR count). The number of amides is 2. The molecule has 0 fully saturated rings. The summed E-state index contributed by atoms with van der Waals surface area (Å²) in [6.07, 6.45) is 1.00. The Morgan fingerprint density at radius 1 is 0.804 bits per heavy atom. The van der Waals surface area contributed by atoms with Crippen LogP contribution in [0, 0.1) is 13.8 Å². The van der Waals surface area contributed by atoms with Crippen LogP contribution in [0.5, 0.6) is 5.75 Å². The molecule has 0 aliphatic carbocycles. The van der Waals surface area contributed by atoms with Crippen LogP contribution in [-0.2, 0) is 32.6 Å². The van der Waals surface area contributed by atoms with Gasteiger partial charge in [-0.05, 0) is 74.7 Å². The van der Waals surface area contributed by atoms with E-state index in [0.717, 1.165) is 33.0 Å². The average Bonchev–Trinajstić information content (AvgIpc) is 3.05. The number of nitrogens with zero attached hydrogens (tertiary/aromatic N) is 2. The lowest BCUT2D eigenvalue weighted by molar-refractivity contribution is -0.140. The van der Waals surface area contributed by atoms with Crippen molar-refractivity contribution in [2.75, 3.05) is 24.0 Å². The van der Waals surface area contributed by atoms with Gasteiger partial charge in [-0.1, -0.05) is 84.8 Å². The maximum absolute atomic E-state index is 14.5. The Hall–Kier alpha value is -4.63. The molecule has 242 valence electrons. The summed E-state index contributed by atoms with van der Waals surface area (Å²) in [7, 11) is -4.20. The SMILES string of the molecule is CCCNC(=O)[C@@H](Cc1ccccc1)N(Cc1cccc(C)c1)C(=O)CN(c1ccc(C)cc1)S(=O)(=O)c1ccc(OCC)cc1. The molecule has 8 nitrogen and oxygen atoms in total. The standard InChI is InChI=1S/C37H43N3O5S/c1-5-23-38-37(42)35(25-30-12-8-7-9-13-30)39(26-31-14-10-11-29(4)24-31)36(41)27-40(32-17-15-28(3)16-18-32)46(43,44)34-21-19-33(20-22-34)45-6-2/h7-22,24,35H,5-6,23,25-27H2,1-4H3,(H,38,42)/t35-/m1/s1. The number of anilines is 1. The zero-order chi connectivity index (χ0) is 33.1. The summed E-state index contributed by atoms with van der Waals surface area (Å²) in [4.78, 5) is 29.8. The fourth-order valence-corrected chi connectivity index (χ4v) is 6.58. The Labute approximate surface area is 273 Å². The molecule has 0 spiro atoms. The Morgan fingerprint density at radius 3 is 2.11 bits per heavy atom. The molecule has 2 amide bonds. The Bertz CT molecular complexity index is 1690. The maximum Gasteiger partial charge on any atom is 0.264 e. The van der Waals surface area contributed by atoms with Gasteiger partial charge < -0.3 is 15.0 Å². The van der Waals surface area contributed by atoms with Crippen molar-refractivity contribution in [2.45, 2.75) is 58.0 Å². The molecule has 0 aliphatic rings. The van der Waals surface area contributed by atoms with Gasteiger partial charge >= 0.3 is 0 Å². The molecule has 0 aromatic heterocycles. The van der Waals surface area contributed by atoms with Crippen LogP contribution in [0.25, 0.3) is 0 Å². The van der Waals surface area contributed by atoms with Crippen molar-refractivity contribution in [1.29, 1.82) is 0 Å². The van der Waals surface area contributed by atoms with Gasteiger partial charge in [0.05, 0.1) is 17.2 Å². The number of aryl methyl sites for hydroxylation is 2. The summed E-state index contributed by atoms with van der Waals surface area (Å²) in [5.41, 5.74) is 4.03. The van der Waals surface area contributed by atoms with Crippen LogP contribution >= 0.6 is 0 Å². The monoisotopic (exact) mass is 641 g/mol. The van der Waals surface area contributed by atoms with Crippen LogP contribution in [0.4, 0.5) is 5.69 Å². The molecular formula is C37H43N3O5S. The predicted molar refractivity (Wildman–Crippen MR) is 182 cm³/mol. The van der Waals surface area contributed by atoms with Gasteiger partial charge in [-0.25, -0.2) is 8.42 Å². The molecule has 1 atom stereocenters. The van der Waals surface area contributed by atoms with E-state index < -0.39 is 28.5 Å². The van der Waals surface area contributed by atoms with Gasteiger partial charge in [0.15, 0.2) is 0 Å². The van der Waals surface area contributed by atoms with E-state index in [-0.39, 0.29) is 23.8 Å². The molecule has 0 saturated carbocycles. The van der Waals surface area contributed by atoms with E-state index in [9.17, 15) is 18.0 Å². The van der Waals surface area contributed by atoms with Gasteiger partial charge in [0.25, 0.3) is 10.0 Å². The van der Waals surface area contributed by atoms with Crippen molar-refractivity contribution in [1.82, 2.24) is 10.2 Å². The summed E-state index contributed by atoms with van der Waals surface area (Å²) in [6, 6.07) is 29.6. The third-order valence-corrected chi connectivity index (χ3v) is 9.37. The van der Waals surface area contributed by atoms with E-state index in [2.05, 4.69) is 5.32 Å². The molecule has 9 heteroatoms. The van der Waals surface area contributed by atoms with Crippen molar-refractivity contribution < 1.29 is 22.7 Å². The maximum atomic E-state index is 14.5. The first-order chi connectivity index (χ1) is 22.1. The summed E-state index contributed by atoms with van der Waals surface area (Å²) in [6.45, 7) is 8.22. The minimum atomic E-state index is -4.20. The van der Waals surface area contributed by atoms with E-state index in [1.165, 1.54) is 17.0 Å². The number of carbonyl (C=O) groups is 2. The summed E-state index contributed by atoms with van der Waals surface area (Å²) in [5, 5.41) is 2.97. The molecule has 0 unspecified atom stereocenters. The minimum absolute atomic E-state index is 0.0242. The smallest absolute Gasteiger partial charge is 0.264 e. The van der Waals surface area contributed by atoms with Gasteiger partial charge in [0.2, 0.25) is 11.8 Å². The number of sulfonamides is 1. The van der Waals surface area contributed by atoms with E-state index in [4.69, 9.17) is 4.74 Å². The van der Waals surface area contributed by atoms with Crippen molar-refractivity contribution in [3.8, 4) is 5.75 Å². The highest BCUT2D eigenvalue weighted by Crippen LogP contribution is 2.27. The van der Waals surface area contributed by atoms with Crippen molar-refractivity contribution >= 4 is 27.5 Å². The Morgan fingerprint density at radius 2 is 1.48 bits per heavy atom. The highest BCUT2D eigenvalue weighted by molar-refractivity contribution is 7.92. The summed E-state index contributed by atoms with van der Waals surface area (Å²) in [5.74, 6) is -0.238. The second-order valence-electron chi connectivity index (χ2n) is 11.3. The van der Waals surface area contributed by atoms with Gasteiger partial charge in [-0.2, -0.15) is 0 Å². The quantitative estimate of drug-likeness (QED) is 0.170. The molecule has 0 aliphatic heterocycles. The lowest BCUT2D eigenvalue weighted by atomic mass is 10.0. The molecule has 0 radical (unpaired) electrons. The highest BCUT2D eigenvalue weighted by atomic mass is 32.2. The molecular weight excluding hydrogens is 598 g/mol. The van der Waals surface area contributed by atoms with Gasteiger partial charge in [-0.15, -0.1) is 0 Å². The Balaban J connectivity index is 1.78. The topological polar surface area (TPSA) is 96.0 Å². The third kappa shape index (κ3) is 8.97.